The van der Waals surface area contributed by atoms with Crippen molar-refractivity contribution in [1.82, 2.24) is 0 Å². The summed E-state index contributed by atoms with van der Waals surface area (Å²) < 4.78 is 0. The molecule has 1 nitrogen and oxygen atoms in total. The maximum atomic E-state index is 9.37. The van der Waals surface area contributed by atoms with Crippen LogP contribution in [0.5, 0.6) is 0 Å². The minimum Gasteiger partial charge on any atom is -0.380 e. The van der Waals surface area contributed by atoms with E-state index in [-0.39, 0.29) is 0 Å². The molecule has 0 aromatic rings. The van der Waals surface area contributed by atoms with E-state index in [1.165, 1.54) is 0 Å². The lowest BCUT2D eigenvalue weighted by Gasteiger charge is -2.06. The van der Waals surface area contributed by atoms with Crippen molar-refractivity contribution >= 4 is 8.07 Å². The first-order valence-corrected chi connectivity index (χ1v) is 7.66. The molecular formula is C10H18OSi. The summed E-state index contributed by atoms with van der Waals surface area (Å²) in [5, 5.41) is 9.37. The highest BCUT2D eigenvalue weighted by Gasteiger charge is 2.08. The Bertz CT molecular complexity index is 214. The Hall–Kier alpha value is -0.523. The average molecular weight is 182 g/mol. The summed E-state index contributed by atoms with van der Waals surface area (Å²) in [6, 6.07) is 0. The van der Waals surface area contributed by atoms with Gasteiger partial charge in [0.2, 0.25) is 0 Å². The average Bonchev–Trinajstić information content (AvgIpc) is 1.80. The number of hydrogen-bond acceptors (Lipinski definition) is 1. The van der Waals surface area contributed by atoms with Gasteiger partial charge in [0.05, 0.1) is 0 Å². The van der Waals surface area contributed by atoms with Crippen LogP contribution in [0, 0.1) is 11.5 Å². The Balaban J connectivity index is 4.04. The van der Waals surface area contributed by atoms with E-state index in [0.29, 0.717) is 6.42 Å². The molecule has 0 aliphatic rings. The molecule has 0 unspecified atom stereocenters. The van der Waals surface area contributed by atoms with Gasteiger partial charge in [0.1, 0.15) is 14.2 Å². The summed E-state index contributed by atoms with van der Waals surface area (Å²) in [7, 11) is -1.32. The third-order valence-electron chi connectivity index (χ3n) is 1.16. The molecular weight excluding hydrogens is 164 g/mol. The van der Waals surface area contributed by atoms with E-state index in [2.05, 4.69) is 37.7 Å². The molecule has 12 heavy (non-hydrogen) atoms. The molecule has 0 radical (unpaired) electrons. The molecule has 1 N–H and O–H groups in total. The molecule has 0 saturated carbocycles. The molecule has 0 aliphatic heterocycles. The van der Waals surface area contributed by atoms with E-state index < -0.39 is 14.2 Å². The minimum absolute atomic E-state index is 0.519. The van der Waals surface area contributed by atoms with E-state index >= 15 is 0 Å². The van der Waals surface area contributed by atoms with Crippen molar-refractivity contribution in [2.75, 3.05) is 0 Å². The van der Waals surface area contributed by atoms with Crippen molar-refractivity contribution in [3.8, 4) is 11.5 Å². The molecule has 0 bridgehead atoms. The Morgan fingerprint density at radius 1 is 1.50 bits per heavy atom. The zero-order chi connectivity index (χ0) is 9.78. The first-order chi connectivity index (χ1) is 5.31. The predicted octanol–water partition coefficient (Wildman–Crippen LogP) is 2.19. The molecule has 0 aromatic carbocycles. The van der Waals surface area contributed by atoms with Gasteiger partial charge in [-0.3, -0.25) is 0 Å². The van der Waals surface area contributed by atoms with Crippen LogP contribution in [0.1, 0.15) is 13.3 Å². The van der Waals surface area contributed by atoms with E-state index in [4.69, 9.17) is 0 Å². The topological polar surface area (TPSA) is 20.2 Å². The fraction of sp³-hybridized carbons (Fsp3) is 0.600. The fourth-order valence-corrected chi connectivity index (χ4v) is 1.28. The molecule has 0 rings (SSSR count). The van der Waals surface area contributed by atoms with Crippen LogP contribution in [0.15, 0.2) is 12.2 Å². The third kappa shape index (κ3) is 7.58. The van der Waals surface area contributed by atoms with Gasteiger partial charge in [0.25, 0.3) is 0 Å². The molecule has 0 amide bonds. The van der Waals surface area contributed by atoms with E-state index in [9.17, 15) is 5.11 Å². The Kier molecular flexibility index (Phi) is 4.29. The highest BCUT2D eigenvalue weighted by molar-refractivity contribution is 6.83. The van der Waals surface area contributed by atoms with Gasteiger partial charge in [-0.2, -0.15) is 0 Å². The van der Waals surface area contributed by atoms with Crippen LogP contribution < -0.4 is 0 Å². The summed E-state index contributed by atoms with van der Waals surface area (Å²) in [5.41, 5.74) is 4.10. The molecule has 2 heteroatoms. The smallest absolute Gasteiger partial charge is 0.129 e. The first-order valence-electron chi connectivity index (χ1n) is 4.16. The van der Waals surface area contributed by atoms with Crippen LogP contribution in [-0.4, -0.2) is 19.3 Å². The first kappa shape index (κ1) is 11.5. The van der Waals surface area contributed by atoms with Crippen LogP contribution >= 0.6 is 0 Å². The van der Waals surface area contributed by atoms with Gasteiger partial charge < -0.3 is 5.11 Å². The predicted molar refractivity (Wildman–Crippen MR) is 56.6 cm³/mol. The third-order valence-corrected chi connectivity index (χ3v) is 2.05. The van der Waals surface area contributed by atoms with Gasteiger partial charge in [0.15, 0.2) is 0 Å². The second kappa shape index (κ2) is 4.49. The summed E-state index contributed by atoms with van der Waals surface area (Å²) in [4.78, 5) is 0. The number of rotatable bonds is 2. The van der Waals surface area contributed by atoms with E-state index in [1.54, 1.807) is 0 Å². The SMILES string of the molecule is C=C(C)C[C@@H](O)C#C[Si](C)(C)C. The maximum Gasteiger partial charge on any atom is 0.129 e. The lowest BCUT2D eigenvalue weighted by Crippen LogP contribution is -2.17. The van der Waals surface area contributed by atoms with E-state index in [0.717, 1.165) is 5.57 Å². The molecule has 1 atom stereocenters. The van der Waals surface area contributed by atoms with Gasteiger partial charge in [-0.25, -0.2) is 0 Å². The normalized spacial score (nSPS) is 13.1. The maximum absolute atomic E-state index is 9.37. The van der Waals surface area contributed by atoms with Crippen molar-refractivity contribution in [2.45, 2.75) is 39.1 Å². The van der Waals surface area contributed by atoms with Crippen molar-refractivity contribution in [2.24, 2.45) is 0 Å². The Morgan fingerprint density at radius 3 is 2.33 bits per heavy atom. The van der Waals surface area contributed by atoms with Crippen LogP contribution in [0.3, 0.4) is 0 Å². The van der Waals surface area contributed by atoms with Crippen LogP contribution in [-0.2, 0) is 0 Å². The molecule has 68 valence electrons. The molecule has 0 spiro atoms. The van der Waals surface area contributed by atoms with Crippen molar-refractivity contribution in [3.05, 3.63) is 12.2 Å². The Morgan fingerprint density at radius 2 is 2.00 bits per heavy atom. The monoisotopic (exact) mass is 182 g/mol. The second-order valence-corrected chi connectivity index (χ2v) is 8.95. The molecule has 0 aromatic heterocycles. The minimum atomic E-state index is -1.32. The molecule has 0 aliphatic carbocycles. The lowest BCUT2D eigenvalue weighted by molar-refractivity contribution is 0.233. The molecule has 0 fully saturated rings. The molecule has 0 heterocycles. The largest absolute Gasteiger partial charge is 0.380 e. The zero-order valence-corrected chi connectivity index (χ0v) is 9.44. The Labute approximate surface area is 76.5 Å². The summed E-state index contributed by atoms with van der Waals surface area (Å²) >= 11 is 0. The lowest BCUT2D eigenvalue weighted by atomic mass is 10.2. The van der Waals surface area contributed by atoms with E-state index in [1.807, 2.05) is 6.92 Å². The highest BCUT2D eigenvalue weighted by atomic mass is 28.3. The van der Waals surface area contributed by atoms with Gasteiger partial charge in [-0.1, -0.05) is 31.1 Å². The highest BCUT2D eigenvalue weighted by Crippen LogP contribution is 2.02. The van der Waals surface area contributed by atoms with Gasteiger partial charge >= 0.3 is 0 Å². The second-order valence-electron chi connectivity index (χ2n) is 4.20. The van der Waals surface area contributed by atoms with Crippen LogP contribution in [0.4, 0.5) is 0 Å². The van der Waals surface area contributed by atoms with Crippen molar-refractivity contribution in [3.63, 3.8) is 0 Å². The van der Waals surface area contributed by atoms with Crippen molar-refractivity contribution < 1.29 is 5.11 Å². The standard InChI is InChI=1S/C10H18OSi/c1-9(2)8-10(11)6-7-12(3,4)5/h10-11H,1,8H2,2-5H3/t10-/m0/s1. The molecule has 0 saturated heterocycles. The van der Waals surface area contributed by atoms with Crippen LogP contribution in [0.2, 0.25) is 19.6 Å². The summed E-state index contributed by atoms with van der Waals surface area (Å²) in [5.74, 6) is 2.86. The zero-order valence-electron chi connectivity index (χ0n) is 8.44. The quantitative estimate of drug-likeness (QED) is 0.394. The number of aliphatic hydroxyl groups is 1. The van der Waals surface area contributed by atoms with Crippen LogP contribution in [0.25, 0.3) is 0 Å². The number of hydrogen-bond donors (Lipinski definition) is 1. The van der Waals surface area contributed by atoms with Gasteiger partial charge in [0, 0.05) is 6.42 Å². The number of aliphatic hydroxyl groups excluding tert-OH is 1. The van der Waals surface area contributed by atoms with Gasteiger partial charge in [-0.15, -0.1) is 12.1 Å². The fourth-order valence-electron chi connectivity index (χ4n) is 0.681. The summed E-state index contributed by atoms with van der Waals surface area (Å²) in [6.45, 7) is 12.1. The summed E-state index contributed by atoms with van der Waals surface area (Å²) in [6.07, 6.45) is 0.0755. The van der Waals surface area contributed by atoms with Gasteiger partial charge in [-0.05, 0) is 6.92 Å². The van der Waals surface area contributed by atoms with Crippen molar-refractivity contribution in [1.29, 1.82) is 0 Å².